The first kappa shape index (κ1) is 18.5. The average molecular weight is 340 g/mol. The van der Waals surface area contributed by atoms with Crippen LogP contribution in [0.1, 0.15) is 47.0 Å². The van der Waals surface area contributed by atoms with E-state index in [2.05, 4.69) is 20.8 Å². The zero-order valence-electron chi connectivity index (χ0n) is 14.9. The molecule has 0 unspecified atom stereocenters. The van der Waals surface area contributed by atoms with Crippen LogP contribution in [-0.2, 0) is 14.3 Å². The molecule has 0 spiro atoms. The van der Waals surface area contributed by atoms with Gasteiger partial charge < -0.3 is 14.7 Å². The Hall–Kier alpha value is -1.79. The van der Waals surface area contributed by atoms with Crippen LogP contribution in [0.25, 0.3) is 0 Å². The van der Waals surface area contributed by atoms with E-state index in [9.17, 15) is 19.5 Å². The first-order chi connectivity index (χ1) is 11.1. The second kappa shape index (κ2) is 6.99. The Morgan fingerprint density at radius 2 is 1.92 bits per heavy atom. The molecule has 0 aromatic rings. The van der Waals surface area contributed by atoms with Gasteiger partial charge in [0.05, 0.1) is 12.6 Å². The van der Waals surface area contributed by atoms with E-state index in [0.29, 0.717) is 25.9 Å². The first-order valence-electron chi connectivity index (χ1n) is 8.53. The minimum Gasteiger partial charge on any atom is -0.480 e. The van der Waals surface area contributed by atoms with E-state index in [1.54, 1.807) is 4.90 Å². The molecule has 2 amide bonds. The fraction of sp³-hybridized carbons (Fsp3) is 0.824. The van der Waals surface area contributed by atoms with Crippen molar-refractivity contribution in [3.63, 3.8) is 0 Å². The number of likely N-dealkylation sites (tertiary alicyclic amines) is 2. The largest absolute Gasteiger partial charge is 0.480 e. The summed E-state index contributed by atoms with van der Waals surface area (Å²) in [6.07, 6.45) is 1.28. The number of piperidine rings is 1. The molecule has 24 heavy (non-hydrogen) atoms. The molecule has 1 N–H and O–H groups in total. The van der Waals surface area contributed by atoms with Crippen molar-refractivity contribution in [2.24, 2.45) is 11.3 Å². The van der Waals surface area contributed by atoms with Crippen LogP contribution in [0.4, 0.5) is 4.79 Å². The highest BCUT2D eigenvalue weighted by Crippen LogP contribution is 2.36. The Bertz CT molecular complexity index is 514. The van der Waals surface area contributed by atoms with Crippen molar-refractivity contribution in [3.8, 4) is 0 Å². The zero-order chi connectivity index (χ0) is 18.1. The molecule has 2 fully saturated rings. The lowest BCUT2D eigenvalue weighted by Crippen LogP contribution is -2.53. The molecule has 2 aliphatic rings. The van der Waals surface area contributed by atoms with Gasteiger partial charge in [0.25, 0.3) is 0 Å². The Morgan fingerprint density at radius 3 is 2.46 bits per heavy atom. The maximum absolute atomic E-state index is 12.5. The maximum atomic E-state index is 12.5. The predicted octanol–water partition coefficient (Wildman–Crippen LogP) is 1.96. The third kappa shape index (κ3) is 4.19. The lowest BCUT2D eigenvalue weighted by atomic mass is 9.91. The minimum atomic E-state index is -1.01. The lowest BCUT2D eigenvalue weighted by Gasteiger charge is -2.38. The molecule has 0 saturated carbocycles. The van der Waals surface area contributed by atoms with Crippen molar-refractivity contribution in [1.29, 1.82) is 0 Å². The van der Waals surface area contributed by atoms with Crippen LogP contribution in [0.5, 0.6) is 0 Å². The molecule has 0 aromatic heterocycles. The Morgan fingerprint density at radius 1 is 1.25 bits per heavy atom. The summed E-state index contributed by atoms with van der Waals surface area (Å²) in [4.78, 5) is 38.8. The van der Waals surface area contributed by atoms with Gasteiger partial charge in [-0.3, -0.25) is 9.69 Å². The third-order valence-electron chi connectivity index (χ3n) is 4.96. The molecular formula is C17H28N2O5. The quantitative estimate of drug-likeness (QED) is 0.848. The van der Waals surface area contributed by atoms with E-state index in [-0.39, 0.29) is 29.9 Å². The molecule has 7 heteroatoms. The van der Waals surface area contributed by atoms with E-state index in [4.69, 9.17) is 4.74 Å². The maximum Gasteiger partial charge on any atom is 0.410 e. The second-order valence-electron chi connectivity index (χ2n) is 8.00. The van der Waals surface area contributed by atoms with Gasteiger partial charge >= 0.3 is 12.1 Å². The van der Waals surface area contributed by atoms with Crippen LogP contribution in [0.2, 0.25) is 0 Å². The predicted molar refractivity (Wildman–Crippen MR) is 87.4 cm³/mol. The third-order valence-corrected chi connectivity index (χ3v) is 4.96. The van der Waals surface area contributed by atoms with Gasteiger partial charge in [-0.15, -0.1) is 0 Å². The van der Waals surface area contributed by atoms with E-state index in [1.165, 1.54) is 11.8 Å². The minimum absolute atomic E-state index is 0.0380. The summed E-state index contributed by atoms with van der Waals surface area (Å²) in [5, 5.41) is 9.48. The molecule has 2 saturated heterocycles. The summed E-state index contributed by atoms with van der Waals surface area (Å²) >= 11 is 0. The molecule has 136 valence electrons. The average Bonchev–Trinajstić information content (AvgIpc) is 2.84. The molecule has 0 bridgehead atoms. The summed E-state index contributed by atoms with van der Waals surface area (Å²) in [5.41, 5.74) is 0.0380. The van der Waals surface area contributed by atoms with Crippen LogP contribution in [0.3, 0.4) is 0 Å². The Balaban J connectivity index is 2.08. The van der Waals surface area contributed by atoms with Crippen LogP contribution in [-0.4, -0.2) is 64.7 Å². The van der Waals surface area contributed by atoms with Gasteiger partial charge in [0.2, 0.25) is 5.91 Å². The van der Waals surface area contributed by atoms with E-state index in [1.807, 2.05) is 0 Å². The van der Waals surface area contributed by atoms with E-state index < -0.39 is 18.1 Å². The number of rotatable bonds is 3. The van der Waals surface area contributed by atoms with E-state index in [0.717, 1.165) is 6.42 Å². The number of amides is 2. The normalized spacial score (nSPS) is 26.9. The van der Waals surface area contributed by atoms with E-state index >= 15 is 0 Å². The van der Waals surface area contributed by atoms with Crippen molar-refractivity contribution >= 4 is 18.0 Å². The van der Waals surface area contributed by atoms with Gasteiger partial charge in [-0.05, 0) is 30.6 Å². The van der Waals surface area contributed by atoms with Gasteiger partial charge in [-0.2, -0.15) is 0 Å². The number of nitrogens with zero attached hydrogens (tertiary/aromatic N) is 2. The van der Waals surface area contributed by atoms with Crippen molar-refractivity contribution < 1.29 is 24.2 Å². The molecule has 0 aromatic carbocycles. The molecule has 2 heterocycles. The van der Waals surface area contributed by atoms with Crippen LogP contribution < -0.4 is 0 Å². The van der Waals surface area contributed by atoms with Crippen molar-refractivity contribution in [2.75, 3.05) is 19.7 Å². The number of carboxylic acids is 1. The molecule has 0 radical (unpaired) electrons. The van der Waals surface area contributed by atoms with Gasteiger partial charge in [0.15, 0.2) is 0 Å². The monoisotopic (exact) mass is 340 g/mol. The number of ether oxygens (including phenoxy) is 1. The summed E-state index contributed by atoms with van der Waals surface area (Å²) in [7, 11) is 0. The first-order valence-corrected chi connectivity index (χ1v) is 8.53. The van der Waals surface area contributed by atoms with Gasteiger partial charge in [-0.1, -0.05) is 20.8 Å². The number of carboxylic acid groups (broad SMARTS) is 1. The molecule has 7 nitrogen and oxygen atoms in total. The van der Waals surface area contributed by atoms with Crippen molar-refractivity contribution in [1.82, 2.24) is 9.80 Å². The lowest BCUT2D eigenvalue weighted by molar-refractivity contribution is -0.142. The molecule has 2 aliphatic heterocycles. The smallest absolute Gasteiger partial charge is 0.410 e. The number of hydrogen-bond donors (Lipinski definition) is 1. The molecular weight excluding hydrogens is 312 g/mol. The fourth-order valence-electron chi connectivity index (χ4n) is 3.49. The summed E-state index contributed by atoms with van der Waals surface area (Å²) < 4.78 is 5.35. The number of carbonyl (C=O) groups is 3. The number of hydrogen-bond acceptors (Lipinski definition) is 4. The Kier molecular flexibility index (Phi) is 5.40. The topological polar surface area (TPSA) is 87.2 Å². The SMILES string of the molecule is CC(=O)N1CC[C@H]2C[C@@H](C(=O)O)N(C(=O)OCCC(C)(C)C)[C@H]2C1. The summed E-state index contributed by atoms with van der Waals surface area (Å²) in [6.45, 7) is 8.93. The fourth-order valence-corrected chi connectivity index (χ4v) is 3.49. The van der Waals surface area contributed by atoms with Crippen molar-refractivity contribution in [3.05, 3.63) is 0 Å². The molecule has 2 rings (SSSR count). The standard InChI is InChI=1S/C17H28N2O5/c1-11(20)18-7-5-12-9-13(15(21)22)19(14(12)10-18)16(23)24-8-6-17(2,3)4/h12-14H,5-10H2,1-4H3,(H,21,22)/t12-,13-,14-/m0/s1. The number of aliphatic carboxylic acids is 1. The van der Waals surface area contributed by atoms with Crippen LogP contribution in [0.15, 0.2) is 0 Å². The molecule has 0 aliphatic carbocycles. The van der Waals surface area contributed by atoms with Gasteiger partial charge in [0, 0.05) is 20.0 Å². The van der Waals surface area contributed by atoms with Crippen LogP contribution >= 0.6 is 0 Å². The zero-order valence-corrected chi connectivity index (χ0v) is 14.9. The summed E-state index contributed by atoms with van der Waals surface area (Å²) in [6, 6.07) is -1.14. The van der Waals surface area contributed by atoms with Gasteiger partial charge in [-0.25, -0.2) is 9.59 Å². The molecule has 3 atom stereocenters. The second-order valence-corrected chi connectivity index (χ2v) is 8.00. The van der Waals surface area contributed by atoms with Crippen LogP contribution in [0, 0.1) is 11.3 Å². The highest BCUT2D eigenvalue weighted by Gasteiger charge is 2.50. The Labute approximate surface area is 142 Å². The summed E-state index contributed by atoms with van der Waals surface area (Å²) in [5.74, 6) is -0.948. The number of fused-ring (bicyclic) bond motifs is 1. The number of carbonyl (C=O) groups excluding carboxylic acids is 2. The van der Waals surface area contributed by atoms with Gasteiger partial charge in [0.1, 0.15) is 6.04 Å². The highest BCUT2D eigenvalue weighted by atomic mass is 16.6. The highest BCUT2D eigenvalue weighted by molar-refractivity contribution is 5.81. The van der Waals surface area contributed by atoms with Crippen molar-refractivity contribution in [2.45, 2.75) is 59.0 Å².